The molecule has 5 heteroatoms. The number of rotatable bonds is 4. The summed E-state index contributed by atoms with van der Waals surface area (Å²) in [5.74, 6) is 0.508. The second kappa shape index (κ2) is 5.66. The summed E-state index contributed by atoms with van der Waals surface area (Å²) >= 11 is 0. The van der Waals surface area contributed by atoms with Gasteiger partial charge in [-0.05, 0) is 12.1 Å². The summed E-state index contributed by atoms with van der Waals surface area (Å²) < 4.78 is 10.6. The highest BCUT2D eigenvalue weighted by molar-refractivity contribution is 6.05. The smallest absolute Gasteiger partial charge is 0.255 e. The maximum absolute atomic E-state index is 12.3. The summed E-state index contributed by atoms with van der Waals surface area (Å²) in [4.78, 5) is 16.3. The lowest BCUT2D eigenvalue weighted by Crippen LogP contribution is -2.22. The van der Waals surface area contributed by atoms with Crippen molar-refractivity contribution >= 4 is 16.9 Å². The molecule has 3 rings (SSSR count). The second-order valence-electron chi connectivity index (χ2n) is 4.52. The molecule has 1 aromatic carbocycles. The van der Waals surface area contributed by atoms with Crippen LogP contribution in [0.3, 0.4) is 0 Å². The number of hydrogen-bond acceptors (Lipinski definition) is 4. The lowest BCUT2D eigenvalue weighted by atomic mass is 10.1. The van der Waals surface area contributed by atoms with Crippen LogP contribution in [0.5, 0.6) is 5.75 Å². The van der Waals surface area contributed by atoms with Crippen molar-refractivity contribution in [2.75, 3.05) is 7.11 Å². The third-order valence-electron chi connectivity index (χ3n) is 3.24. The molecule has 0 fully saturated rings. The fraction of sp³-hybridized carbons (Fsp3) is 0.125. The van der Waals surface area contributed by atoms with Crippen LogP contribution in [-0.4, -0.2) is 18.0 Å². The first-order valence-electron chi connectivity index (χ1n) is 6.51. The van der Waals surface area contributed by atoms with Crippen molar-refractivity contribution in [1.29, 1.82) is 0 Å². The molecule has 106 valence electrons. The molecule has 1 amide bonds. The fourth-order valence-corrected chi connectivity index (χ4v) is 2.17. The van der Waals surface area contributed by atoms with E-state index in [1.165, 1.54) is 6.26 Å². The summed E-state index contributed by atoms with van der Waals surface area (Å²) in [6.45, 7) is 0.343. The highest BCUT2D eigenvalue weighted by Crippen LogP contribution is 2.21. The Kier molecular flexibility index (Phi) is 3.55. The number of para-hydroxylation sites is 1. The van der Waals surface area contributed by atoms with Crippen LogP contribution in [0.2, 0.25) is 0 Å². The van der Waals surface area contributed by atoms with Crippen molar-refractivity contribution in [1.82, 2.24) is 10.3 Å². The van der Waals surface area contributed by atoms with Crippen LogP contribution < -0.4 is 10.1 Å². The van der Waals surface area contributed by atoms with Crippen molar-refractivity contribution in [2.45, 2.75) is 6.54 Å². The molecule has 0 aliphatic carbocycles. The normalized spacial score (nSPS) is 10.5. The number of carbonyl (C=O) groups is 1. The van der Waals surface area contributed by atoms with Gasteiger partial charge in [0.2, 0.25) is 0 Å². The Morgan fingerprint density at radius 2 is 2.19 bits per heavy atom. The Hall–Kier alpha value is -2.82. The Bertz CT molecular complexity index is 780. The van der Waals surface area contributed by atoms with E-state index in [0.29, 0.717) is 23.4 Å². The number of nitrogens with one attached hydrogen (secondary N) is 1. The molecule has 2 heterocycles. The van der Waals surface area contributed by atoms with Gasteiger partial charge in [0.15, 0.2) is 0 Å². The quantitative estimate of drug-likeness (QED) is 0.799. The molecular weight excluding hydrogens is 268 g/mol. The monoisotopic (exact) mass is 282 g/mol. The van der Waals surface area contributed by atoms with Gasteiger partial charge in [0.1, 0.15) is 17.6 Å². The Morgan fingerprint density at radius 1 is 1.33 bits per heavy atom. The third-order valence-corrected chi connectivity index (χ3v) is 3.24. The highest BCUT2D eigenvalue weighted by Gasteiger charge is 2.13. The topological polar surface area (TPSA) is 64.4 Å². The maximum atomic E-state index is 12.3. The number of fused-ring (bicyclic) bond motifs is 1. The molecule has 0 aliphatic rings. The maximum Gasteiger partial charge on any atom is 0.255 e. The average Bonchev–Trinajstić information content (AvgIpc) is 2.97. The van der Waals surface area contributed by atoms with E-state index in [1.54, 1.807) is 25.6 Å². The van der Waals surface area contributed by atoms with Gasteiger partial charge in [-0.25, -0.2) is 0 Å². The van der Waals surface area contributed by atoms with Gasteiger partial charge < -0.3 is 14.5 Å². The molecule has 21 heavy (non-hydrogen) atoms. The van der Waals surface area contributed by atoms with Crippen LogP contribution in [0, 0.1) is 0 Å². The minimum atomic E-state index is -0.189. The van der Waals surface area contributed by atoms with Crippen molar-refractivity contribution in [3.8, 4) is 5.75 Å². The lowest BCUT2D eigenvalue weighted by molar-refractivity contribution is 0.0951. The number of nitrogens with zero attached hydrogens (tertiary/aromatic N) is 1. The number of ether oxygens (including phenoxy) is 1. The van der Waals surface area contributed by atoms with E-state index in [4.69, 9.17) is 9.15 Å². The number of pyridine rings is 1. The predicted octanol–water partition coefficient (Wildman–Crippen LogP) is 2.77. The SMILES string of the molecule is COc1ccncc1CNC(=O)c1coc2ccccc12. The van der Waals surface area contributed by atoms with Gasteiger partial charge in [0, 0.05) is 29.9 Å². The molecule has 0 saturated carbocycles. The Labute approximate surface area is 121 Å². The summed E-state index contributed by atoms with van der Waals surface area (Å²) in [7, 11) is 1.59. The van der Waals surface area contributed by atoms with Crippen LogP contribution in [0.4, 0.5) is 0 Å². The molecule has 0 spiro atoms. The Balaban J connectivity index is 1.78. The van der Waals surface area contributed by atoms with E-state index in [2.05, 4.69) is 10.3 Å². The third kappa shape index (κ3) is 2.58. The number of hydrogen-bond donors (Lipinski definition) is 1. The van der Waals surface area contributed by atoms with E-state index < -0.39 is 0 Å². The Morgan fingerprint density at radius 3 is 3.05 bits per heavy atom. The predicted molar refractivity (Wildman–Crippen MR) is 78.2 cm³/mol. The van der Waals surface area contributed by atoms with Gasteiger partial charge in [-0.15, -0.1) is 0 Å². The minimum Gasteiger partial charge on any atom is -0.496 e. The molecule has 1 N–H and O–H groups in total. The number of aromatic nitrogens is 1. The number of amides is 1. The first-order chi connectivity index (χ1) is 10.3. The first kappa shape index (κ1) is 13.2. The summed E-state index contributed by atoms with van der Waals surface area (Å²) in [6, 6.07) is 9.19. The van der Waals surface area contributed by atoms with Gasteiger partial charge in [-0.1, -0.05) is 18.2 Å². The van der Waals surface area contributed by atoms with E-state index >= 15 is 0 Å². The molecule has 3 aromatic rings. The minimum absolute atomic E-state index is 0.189. The number of carbonyl (C=O) groups excluding carboxylic acids is 1. The molecule has 0 unspecified atom stereocenters. The van der Waals surface area contributed by atoms with Crippen molar-refractivity contribution < 1.29 is 13.9 Å². The zero-order valence-electron chi connectivity index (χ0n) is 11.5. The fourth-order valence-electron chi connectivity index (χ4n) is 2.17. The number of methoxy groups -OCH3 is 1. The van der Waals surface area contributed by atoms with Crippen LogP contribution in [0.1, 0.15) is 15.9 Å². The van der Waals surface area contributed by atoms with Gasteiger partial charge in [-0.2, -0.15) is 0 Å². The van der Waals surface area contributed by atoms with Gasteiger partial charge in [0.05, 0.1) is 12.7 Å². The van der Waals surface area contributed by atoms with Crippen LogP contribution in [0.25, 0.3) is 11.0 Å². The molecule has 0 bridgehead atoms. The molecule has 0 atom stereocenters. The highest BCUT2D eigenvalue weighted by atomic mass is 16.5. The standard InChI is InChI=1S/C16H14N2O3/c1-20-14-6-7-17-8-11(14)9-18-16(19)13-10-21-15-5-3-2-4-12(13)15/h2-8,10H,9H2,1H3,(H,18,19). The summed E-state index contributed by atoms with van der Waals surface area (Å²) in [5, 5.41) is 3.65. The first-order valence-corrected chi connectivity index (χ1v) is 6.51. The van der Waals surface area contributed by atoms with E-state index in [9.17, 15) is 4.79 Å². The zero-order chi connectivity index (χ0) is 14.7. The summed E-state index contributed by atoms with van der Waals surface area (Å²) in [5.41, 5.74) is 2.04. The molecule has 5 nitrogen and oxygen atoms in total. The number of benzene rings is 1. The van der Waals surface area contributed by atoms with Crippen LogP contribution in [0.15, 0.2) is 53.4 Å². The largest absolute Gasteiger partial charge is 0.496 e. The van der Waals surface area contributed by atoms with Crippen molar-refractivity contribution in [2.24, 2.45) is 0 Å². The van der Waals surface area contributed by atoms with Crippen molar-refractivity contribution in [3.63, 3.8) is 0 Å². The average molecular weight is 282 g/mol. The summed E-state index contributed by atoms with van der Waals surface area (Å²) in [6.07, 6.45) is 4.79. The molecule has 0 radical (unpaired) electrons. The molecule has 0 aliphatic heterocycles. The number of furan rings is 1. The molecule has 2 aromatic heterocycles. The molecular formula is C16H14N2O3. The second-order valence-corrected chi connectivity index (χ2v) is 4.52. The van der Waals surface area contributed by atoms with Gasteiger partial charge in [-0.3, -0.25) is 9.78 Å². The molecule has 0 saturated heterocycles. The van der Waals surface area contributed by atoms with E-state index in [1.807, 2.05) is 24.3 Å². The lowest BCUT2D eigenvalue weighted by Gasteiger charge is -2.08. The van der Waals surface area contributed by atoms with E-state index in [0.717, 1.165) is 10.9 Å². The van der Waals surface area contributed by atoms with Crippen molar-refractivity contribution in [3.05, 3.63) is 60.1 Å². The van der Waals surface area contributed by atoms with E-state index in [-0.39, 0.29) is 5.91 Å². The zero-order valence-corrected chi connectivity index (χ0v) is 11.5. The van der Waals surface area contributed by atoms with Crippen LogP contribution in [-0.2, 0) is 6.54 Å². The van der Waals surface area contributed by atoms with Gasteiger partial charge in [0.25, 0.3) is 5.91 Å². The van der Waals surface area contributed by atoms with Gasteiger partial charge >= 0.3 is 0 Å². The van der Waals surface area contributed by atoms with Crippen LogP contribution >= 0.6 is 0 Å².